The zero-order valence-corrected chi connectivity index (χ0v) is 8.60. The van der Waals surface area contributed by atoms with E-state index in [1.165, 1.54) is 0 Å². The van der Waals surface area contributed by atoms with Crippen LogP contribution >= 0.6 is 11.6 Å². The second-order valence-electron chi connectivity index (χ2n) is 3.08. The van der Waals surface area contributed by atoms with Crippen LogP contribution in [-0.2, 0) is 6.18 Å². The number of alkyl halides is 5. The molecule has 0 radical (unpaired) electrons. The van der Waals surface area contributed by atoms with Crippen molar-refractivity contribution in [3.8, 4) is 0 Å². The maximum Gasteiger partial charge on any atom is 0.419 e. The lowest BCUT2D eigenvalue weighted by atomic mass is 10.3. The molecule has 2 aromatic heterocycles. The van der Waals surface area contributed by atoms with Crippen molar-refractivity contribution in [1.82, 2.24) is 14.6 Å². The monoisotopic (exact) mass is 271 g/mol. The SMILES string of the molecule is FC(F)c1nc2ccc(C(F)(F)F)c(Cl)n2n1. The summed E-state index contributed by atoms with van der Waals surface area (Å²) in [4.78, 5) is 3.35. The van der Waals surface area contributed by atoms with E-state index in [2.05, 4.69) is 10.1 Å². The Balaban J connectivity index is 2.67. The molecule has 9 heteroatoms. The molecular formula is C8H3ClF5N3. The quantitative estimate of drug-likeness (QED) is 0.588. The van der Waals surface area contributed by atoms with Gasteiger partial charge in [-0.25, -0.2) is 18.3 Å². The summed E-state index contributed by atoms with van der Waals surface area (Å²) in [6.07, 6.45) is -7.65. The van der Waals surface area contributed by atoms with Crippen molar-refractivity contribution in [2.75, 3.05) is 0 Å². The molecule has 0 bridgehead atoms. The molecule has 0 atom stereocenters. The molecule has 0 saturated heterocycles. The molecular weight excluding hydrogens is 269 g/mol. The van der Waals surface area contributed by atoms with Gasteiger partial charge < -0.3 is 0 Å². The van der Waals surface area contributed by atoms with E-state index in [4.69, 9.17) is 11.6 Å². The summed E-state index contributed by atoms with van der Waals surface area (Å²) < 4.78 is 62.4. The Hall–Kier alpha value is -1.44. The van der Waals surface area contributed by atoms with Gasteiger partial charge in [0.05, 0.1) is 5.56 Å². The van der Waals surface area contributed by atoms with Gasteiger partial charge in [0.2, 0.25) is 5.82 Å². The number of pyridine rings is 1. The molecule has 0 aliphatic rings. The van der Waals surface area contributed by atoms with Crippen molar-refractivity contribution < 1.29 is 22.0 Å². The lowest BCUT2D eigenvalue weighted by Gasteiger charge is -2.08. The number of hydrogen-bond acceptors (Lipinski definition) is 2. The van der Waals surface area contributed by atoms with E-state index < -0.39 is 29.1 Å². The van der Waals surface area contributed by atoms with Crippen LogP contribution in [0.5, 0.6) is 0 Å². The van der Waals surface area contributed by atoms with Gasteiger partial charge >= 0.3 is 6.18 Å². The molecule has 0 aromatic carbocycles. The molecule has 0 aliphatic carbocycles. The van der Waals surface area contributed by atoms with Gasteiger partial charge in [0.15, 0.2) is 5.65 Å². The standard InChI is InChI=1S/C8H3ClF5N3/c9-5-3(8(12,13)14)1-2-4-15-7(6(10)11)16-17(4)5/h1-2,6H. The molecule has 0 aliphatic heterocycles. The van der Waals surface area contributed by atoms with Gasteiger partial charge in [0.25, 0.3) is 6.43 Å². The van der Waals surface area contributed by atoms with Gasteiger partial charge in [-0.1, -0.05) is 11.6 Å². The van der Waals surface area contributed by atoms with Crippen molar-refractivity contribution in [3.05, 3.63) is 28.7 Å². The number of halogens is 6. The summed E-state index contributed by atoms with van der Waals surface area (Å²) in [6, 6.07) is 1.59. The average molecular weight is 272 g/mol. The van der Waals surface area contributed by atoms with Gasteiger partial charge in [-0.2, -0.15) is 13.2 Å². The minimum Gasteiger partial charge on any atom is -0.206 e. The Morgan fingerprint density at radius 2 is 1.88 bits per heavy atom. The van der Waals surface area contributed by atoms with E-state index in [-0.39, 0.29) is 5.65 Å². The van der Waals surface area contributed by atoms with Crippen LogP contribution in [0.25, 0.3) is 5.65 Å². The van der Waals surface area contributed by atoms with Crippen LogP contribution in [0.4, 0.5) is 22.0 Å². The molecule has 0 unspecified atom stereocenters. The number of rotatable bonds is 1. The zero-order chi connectivity index (χ0) is 12.8. The normalized spacial score (nSPS) is 12.6. The summed E-state index contributed by atoms with van der Waals surface area (Å²) in [5.74, 6) is -0.869. The van der Waals surface area contributed by atoms with E-state index in [1.807, 2.05) is 0 Å². The third-order valence-electron chi connectivity index (χ3n) is 1.96. The van der Waals surface area contributed by atoms with Gasteiger partial charge in [-0.15, -0.1) is 5.10 Å². The smallest absolute Gasteiger partial charge is 0.206 e. The first-order valence-corrected chi connectivity index (χ1v) is 4.59. The summed E-state index contributed by atoms with van der Waals surface area (Å²) in [5, 5.41) is 2.41. The van der Waals surface area contributed by atoms with Crippen molar-refractivity contribution >= 4 is 17.2 Å². The van der Waals surface area contributed by atoms with E-state index in [9.17, 15) is 22.0 Å². The third-order valence-corrected chi connectivity index (χ3v) is 2.32. The largest absolute Gasteiger partial charge is 0.419 e. The molecule has 2 rings (SSSR count). The van der Waals surface area contributed by atoms with Crippen LogP contribution < -0.4 is 0 Å². The molecule has 0 saturated carbocycles. The van der Waals surface area contributed by atoms with Gasteiger partial charge in [0.1, 0.15) is 5.15 Å². The summed E-state index contributed by atoms with van der Waals surface area (Å²) in [6.45, 7) is 0. The summed E-state index contributed by atoms with van der Waals surface area (Å²) in [7, 11) is 0. The Bertz CT molecular complexity index is 562. The second kappa shape index (κ2) is 3.80. The molecule has 0 N–H and O–H groups in total. The van der Waals surface area contributed by atoms with Crippen molar-refractivity contribution in [2.24, 2.45) is 0 Å². The second-order valence-corrected chi connectivity index (χ2v) is 3.43. The third kappa shape index (κ3) is 2.04. The fourth-order valence-electron chi connectivity index (χ4n) is 1.24. The minimum atomic E-state index is -4.68. The minimum absolute atomic E-state index is 0.168. The van der Waals surface area contributed by atoms with Crippen LogP contribution in [0.1, 0.15) is 17.8 Å². The molecule has 3 nitrogen and oxygen atoms in total. The van der Waals surface area contributed by atoms with Gasteiger partial charge in [-0.3, -0.25) is 0 Å². The van der Waals surface area contributed by atoms with Gasteiger partial charge in [0, 0.05) is 0 Å². The van der Waals surface area contributed by atoms with Crippen LogP contribution in [-0.4, -0.2) is 14.6 Å². The highest BCUT2D eigenvalue weighted by molar-refractivity contribution is 6.30. The highest BCUT2D eigenvalue weighted by Gasteiger charge is 2.34. The van der Waals surface area contributed by atoms with Crippen LogP contribution in [0.15, 0.2) is 12.1 Å². The van der Waals surface area contributed by atoms with Crippen molar-refractivity contribution in [3.63, 3.8) is 0 Å². The maximum atomic E-state index is 12.4. The number of fused-ring (bicyclic) bond motifs is 1. The van der Waals surface area contributed by atoms with E-state index >= 15 is 0 Å². The molecule has 2 heterocycles. The highest BCUT2D eigenvalue weighted by atomic mass is 35.5. The Morgan fingerprint density at radius 1 is 1.24 bits per heavy atom. The topological polar surface area (TPSA) is 30.2 Å². The van der Waals surface area contributed by atoms with E-state index in [0.717, 1.165) is 6.07 Å². The molecule has 0 amide bonds. The summed E-state index contributed by atoms with van der Waals surface area (Å²) >= 11 is 5.44. The van der Waals surface area contributed by atoms with Crippen LogP contribution in [0, 0.1) is 0 Å². The lowest BCUT2D eigenvalue weighted by molar-refractivity contribution is -0.137. The average Bonchev–Trinajstić information content (AvgIpc) is 2.60. The predicted molar refractivity (Wildman–Crippen MR) is 48.0 cm³/mol. The number of hydrogen-bond donors (Lipinski definition) is 0. The molecule has 92 valence electrons. The summed E-state index contributed by atoms with van der Waals surface area (Å²) in [5.41, 5.74) is -1.32. The fraction of sp³-hybridized carbons (Fsp3) is 0.250. The fourth-order valence-corrected chi connectivity index (χ4v) is 1.53. The Kier molecular flexibility index (Phi) is 2.69. The highest BCUT2D eigenvalue weighted by Crippen LogP contribution is 2.34. The molecule has 17 heavy (non-hydrogen) atoms. The number of aromatic nitrogens is 3. The molecule has 2 aromatic rings. The van der Waals surface area contributed by atoms with Crippen LogP contribution in [0.3, 0.4) is 0 Å². The first-order valence-electron chi connectivity index (χ1n) is 4.21. The lowest BCUT2D eigenvalue weighted by Crippen LogP contribution is -2.08. The maximum absolute atomic E-state index is 12.4. The van der Waals surface area contributed by atoms with Crippen LogP contribution in [0.2, 0.25) is 5.15 Å². The van der Waals surface area contributed by atoms with E-state index in [0.29, 0.717) is 10.6 Å². The Morgan fingerprint density at radius 3 is 2.41 bits per heavy atom. The molecule has 0 spiro atoms. The first kappa shape index (κ1) is 12.0. The van der Waals surface area contributed by atoms with Crippen molar-refractivity contribution in [1.29, 1.82) is 0 Å². The van der Waals surface area contributed by atoms with Gasteiger partial charge in [-0.05, 0) is 12.1 Å². The number of nitrogens with zero attached hydrogens (tertiary/aromatic N) is 3. The van der Waals surface area contributed by atoms with Crippen molar-refractivity contribution in [2.45, 2.75) is 12.6 Å². The first-order chi connectivity index (χ1) is 7.80. The predicted octanol–water partition coefficient (Wildman–Crippen LogP) is 3.34. The van der Waals surface area contributed by atoms with E-state index in [1.54, 1.807) is 0 Å². The Labute approximate surface area is 95.8 Å². The molecule has 0 fully saturated rings. The zero-order valence-electron chi connectivity index (χ0n) is 7.84.